The van der Waals surface area contributed by atoms with Gasteiger partial charge in [0.15, 0.2) is 5.82 Å². The predicted molar refractivity (Wildman–Crippen MR) is 97.9 cm³/mol. The first-order valence-electron chi connectivity index (χ1n) is 8.26. The second-order valence-electron chi connectivity index (χ2n) is 5.95. The first-order valence-corrected chi connectivity index (χ1v) is 8.26. The number of nitrogens with one attached hydrogen (secondary N) is 1. The minimum absolute atomic E-state index is 0.311. The SMILES string of the molecule is O=C(CN1C(=O)c2ccccc2C1=O)Nc1cnc(-c2ccccc2)nc1. The van der Waals surface area contributed by atoms with Crippen LogP contribution >= 0.6 is 0 Å². The van der Waals surface area contributed by atoms with Crippen molar-refractivity contribution in [3.63, 3.8) is 0 Å². The van der Waals surface area contributed by atoms with E-state index in [2.05, 4.69) is 15.3 Å². The molecular weight excluding hydrogens is 344 g/mol. The molecule has 1 aliphatic rings. The molecule has 0 spiro atoms. The van der Waals surface area contributed by atoms with Crippen LogP contribution in [-0.2, 0) is 4.79 Å². The van der Waals surface area contributed by atoms with Crippen LogP contribution in [0.15, 0.2) is 67.0 Å². The lowest BCUT2D eigenvalue weighted by atomic mass is 10.1. The van der Waals surface area contributed by atoms with Crippen LogP contribution in [0.3, 0.4) is 0 Å². The Hall–Kier alpha value is -3.87. The highest BCUT2D eigenvalue weighted by Crippen LogP contribution is 2.22. The maximum absolute atomic E-state index is 12.3. The summed E-state index contributed by atoms with van der Waals surface area (Å²) in [6.07, 6.45) is 2.96. The van der Waals surface area contributed by atoms with Crippen molar-refractivity contribution in [3.8, 4) is 11.4 Å². The summed E-state index contributed by atoms with van der Waals surface area (Å²) in [6.45, 7) is -0.368. The molecule has 2 heterocycles. The molecule has 0 bridgehead atoms. The molecule has 0 saturated carbocycles. The van der Waals surface area contributed by atoms with Crippen LogP contribution in [0, 0.1) is 0 Å². The average molecular weight is 358 g/mol. The van der Waals surface area contributed by atoms with Crippen molar-refractivity contribution >= 4 is 23.4 Å². The molecular formula is C20H14N4O3. The van der Waals surface area contributed by atoms with Gasteiger partial charge in [-0.2, -0.15) is 0 Å². The summed E-state index contributed by atoms with van der Waals surface area (Å²) in [7, 11) is 0. The van der Waals surface area contributed by atoms with Gasteiger partial charge < -0.3 is 5.32 Å². The summed E-state index contributed by atoms with van der Waals surface area (Å²) in [5.74, 6) is -0.905. The molecule has 2 aromatic carbocycles. The monoisotopic (exact) mass is 358 g/mol. The first-order chi connectivity index (χ1) is 13.1. The van der Waals surface area contributed by atoms with Crippen LogP contribution in [0.1, 0.15) is 20.7 Å². The number of rotatable bonds is 4. The van der Waals surface area contributed by atoms with Gasteiger partial charge in [-0.3, -0.25) is 19.3 Å². The molecule has 7 nitrogen and oxygen atoms in total. The largest absolute Gasteiger partial charge is 0.322 e. The van der Waals surface area contributed by atoms with Gasteiger partial charge in [-0.25, -0.2) is 9.97 Å². The number of anilines is 1. The number of carbonyl (C=O) groups excluding carboxylic acids is 3. The van der Waals surface area contributed by atoms with Gasteiger partial charge in [0.2, 0.25) is 5.91 Å². The van der Waals surface area contributed by atoms with E-state index in [4.69, 9.17) is 0 Å². The molecule has 7 heteroatoms. The standard InChI is InChI=1S/C20H14N4O3/c25-17(12-24-19(26)15-8-4-5-9-16(15)20(24)27)23-14-10-21-18(22-11-14)13-6-2-1-3-7-13/h1-11H,12H2,(H,23,25). The van der Waals surface area contributed by atoms with E-state index in [0.29, 0.717) is 22.6 Å². The van der Waals surface area contributed by atoms with Gasteiger partial charge in [0.25, 0.3) is 11.8 Å². The zero-order valence-corrected chi connectivity index (χ0v) is 14.1. The number of benzene rings is 2. The van der Waals surface area contributed by atoms with Crippen LogP contribution in [0.4, 0.5) is 5.69 Å². The number of imide groups is 1. The average Bonchev–Trinajstić information content (AvgIpc) is 2.94. The van der Waals surface area contributed by atoms with Gasteiger partial charge >= 0.3 is 0 Å². The maximum Gasteiger partial charge on any atom is 0.262 e. The zero-order valence-electron chi connectivity index (χ0n) is 14.1. The minimum Gasteiger partial charge on any atom is -0.322 e. The molecule has 0 aliphatic carbocycles. The van der Waals surface area contributed by atoms with Crippen LogP contribution in [0.2, 0.25) is 0 Å². The molecule has 4 rings (SSSR count). The quantitative estimate of drug-likeness (QED) is 0.723. The summed E-state index contributed by atoms with van der Waals surface area (Å²) in [5, 5.41) is 2.61. The summed E-state index contributed by atoms with van der Waals surface area (Å²) < 4.78 is 0. The number of nitrogens with zero attached hydrogens (tertiary/aromatic N) is 3. The fourth-order valence-electron chi connectivity index (χ4n) is 2.86. The molecule has 0 fully saturated rings. The van der Waals surface area contributed by atoms with E-state index >= 15 is 0 Å². The van der Waals surface area contributed by atoms with Crippen molar-refractivity contribution in [1.82, 2.24) is 14.9 Å². The molecule has 132 valence electrons. The van der Waals surface area contributed by atoms with E-state index in [1.807, 2.05) is 30.3 Å². The van der Waals surface area contributed by atoms with Crippen molar-refractivity contribution in [2.75, 3.05) is 11.9 Å². The van der Waals surface area contributed by atoms with Gasteiger partial charge in [-0.1, -0.05) is 42.5 Å². The Morgan fingerprint density at radius 2 is 1.41 bits per heavy atom. The number of carbonyl (C=O) groups is 3. The molecule has 0 saturated heterocycles. The number of hydrogen-bond donors (Lipinski definition) is 1. The first kappa shape index (κ1) is 16.6. The van der Waals surface area contributed by atoms with E-state index in [1.165, 1.54) is 12.4 Å². The topological polar surface area (TPSA) is 92.3 Å². The van der Waals surface area contributed by atoms with Gasteiger partial charge in [0, 0.05) is 5.56 Å². The van der Waals surface area contributed by atoms with E-state index in [0.717, 1.165) is 10.5 Å². The zero-order chi connectivity index (χ0) is 18.8. The van der Waals surface area contributed by atoms with Crippen LogP contribution in [-0.4, -0.2) is 39.1 Å². The predicted octanol–water partition coefficient (Wildman–Crippen LogP) is 2.38. The molecule has 0 unspecified atom stereocenters. The van der Waals surface area contributed by atoms with Crippen LogP contribution in [0.5, 0.6) is 0 Å². The van der Waals surface area contributed by atoms with E-state index in [1.54, 1.807) is 24.3 Å². The minimum atomic E-state index is -0.499. The third kappa shape index (κ3) is 3.18. The van der Waals surface area contributed by atoms with Crippen LogP contribution < -0.4 is 5.32 Å². The smallest absolute Gasteiger partial charge is 0.262 e. The Morgan fingerprint density at radius 1 is 0.852 bits per heavy atom. The van der Waals surface area contributed by atoms with Crippen molar-refractivity contribution in [3.05, 3.63) is 78.1 Å². The fraction of sp³-hybridized carbons (Fsp3) is 0.0500. The highest BCUT2D eigenvalue weighted by atomic mass is 16.2. The lowest BCUT2D eigenvalue weighted by molar-refractivity contribution is -0.116. The van der Waals surface area contributed by atoms with E-state index in [9.17, 15) is 14.4 Å². The van der Waals surface area contributed by atoms with Gasteiger partial charge in [-0.05, 0) is 12.1 Å². The lowest BCUT2D eigenvalue weighted by Crippen LogP contribution is -2.37. The van der Waals surface area contributed by atoms with Crippen molar-refractivity contribution in [1.29, 1.82) is 0 Å². The Bertz CT molecular complexity index is 998. The lowest BCUT2D eigenvalue weighted by Gasteiger charge is -2.13. The number of fused-ring (bicyclic) bond motifs is 1. The summed E-state index contributed by atoms with van der Waals surface area (Å²) >= 11 is 0. The Kier molecular flexibility index (Phi) is 4.18. The number of hydrogen-bond acceptors (Lipinski definition) is 5. The summed E-state index contributed by atoms with van der Waals surface area (Å²) in [5.41, 5.74) is 1.87. The molecule has 3 amide bonds. The third-order valence-electron chi connectivity index (χ3n) is 4.15. The highest BCUT2D eigenvalue weighted by molar-refractivity contribution is 6.22. The Morgan fingerprint density at radius 3 is 2.00 bits per heavy atom. The van der Waals surface area contributed by atoms with Gasteiger partial charge in [0.05, 0.1) is 29.2 Å². The number of aromatic nitrogens is 2. The Labute approximate surface area is 154 Å². The van der Waals surface area contributed by atoms with Crippen LogP contribution in [0.25, 0.3) is 11.4 Å². The molecule has 0 atom stereocenters. The maximum atomic E-state index is 12.3. The third-order valence-corrected chi connectivity index (χ3v) is 4.15. The normalized spacial score (nSPS) is 12.8. The number of amides is 3. The Balaban J connectivity index is 1.43. The molecule has 3 aromatic rings. The van der Waals surface area contributed by atoms with Crippen molar-refractivity contribution in [2.45, 2.75) is 0 Å². The summed E-state index contributed by atoms with van der Waals surface area (Å²) in [6, 6.07) is 15.9. The molecule has 1 aliphatic heterocycles. The molecule has 1 N–H and O–H groups in total. The second-order valence-corrected chi connectivity index (χ2v) is 5.95. The van der Waals surface area contributed by atoms with E-state index < -0.39 is 17.7 Å². The summed E-state index contributed by atoms with van der Waals surface area (Å²) in [4.78, 5) is 46.2. The fourth-order valence-corrected chi connectivity index (χ4v) is 2.86. The van der Waals surface area contributed by atoms with E-state index in [-0.39, 0.29) is 6.54 Å². The molecule has 1 aromatic heterocycles. The van der Waals surface area contributed by atoms with Crippen molar-refractivity contribution < 1.29 is 14.4 Å². The molecule has 0 radical (unpaired) electrons. The highest BCUT2D eigenvalue weighted by Gasteiger charge is 2.36. The van der Waals surface area contributed by atoms with Gasteiger partial charge in [0.1, 0.15) is 6.54 Å². The van der Waals surface area contributed by atoms with Crippen molar-refractivity contribution in [2.24, 2.45) is 0 Å². The second kappa shape index (κ2) is 6.80. The van der Waals surface area contributed by atoms with Gasteiger partial charge in [-0.15, -0.1) is 0 Å². The molecule has 27 heavy (non-hydrogen) atoms.